The van der Waals surface area contributed by atoms with Crippen LogP contribution in [0.25, 0.3) is 0 Å². The molecule has 0 aromatic heterocycles. The maximum Gasteiger partial charge on any atom is 0.188 e. The highest BCUT2D eigenvalue weighted by atomic mass is 35.5. The van der Waals surface area contributed by atoms with Gasteiger partial charge in [0.25, 0.3) is 0 Å². The molecule has 2 nitrogen and oxygen atoms in total. The Bertz CT molecular complexity index is 353. The maximum absolute atomic E-state index is 12.8. The zero-order valence-corrected chi connectivity index (χ0v) is 10.6. The number of benzene rings is 1. The highest BCUT2D eigenvalue weighted by molar-refractivity contribution is 6.17. The van der Waals surface area contributed by atoms with Gasteiger partial charge in [-0.05, 0) is 37.5 Å². The average molecular weight is 258 g/mol. The lowest BCUT2D eigenvalue weighted by Gasteiger charge is -2.18. The van der Waals surface area contributed by atoms with Crippen LogP contribution in [0.5, 0.6) is 0 Å². The maximum atomic E-state index is 12.8. The van der Waals surface area contributed by atoms with Gasteiger partial charge in [0.1, 0.15) is 5.82 Å². The summed E-state index contributed by atoms with van der Waals surface area (Å²) in [6.45, 7) is 2.31. The topological polar surface area (TPSA) is 33.1 Å². The van der Waals surface area contributed by atoms with Gasteiger partial charge in [0, 0.05) is 5.88 Å². The van der Waals surface area contributed by atoms with Crippen molar-refractivity contribution in [2.75, 3.05) is 12.5 Å². The van der Waals surface area contributed by atoms with Crippen molar-refractivity contribution >= 4 is 17.5 Å². The van der Waals surface area contributed by atoms with E-state index in [0.717, 1.165) is 18.4 Å². The largest absolute Gasteiger partial charge is 0.481 e. The average Bonchev–Trinajstić information content (AvgIpc) is 2.32. The first-order valence-corrected chi connectivity index (χ1v) is 6.25. The van der Waals surface area contributed by atoms with E-state index in [2.05, 4.69) is 0 Å². The third-order valence-corrected chi connectivity index (χ3v) is 2.78. The van der Waals surface area contributed by atoms with E-state index in [1.165, 1.54) is 12.1 Å². The Morgan fingerprint density at radius 2 is 2.06 bits per heavy atom. The molecule has 17 heavy (non-hydrogen) atoms. The summed E-state index contributed by atoms with van der Waals surface area (Å²) in [4.78, 5) is 0. The zero-order valence-electron chi connectivity index (χ0n) is 9.88. The zero-order chi connectivity index (χ0) is 12.7. The molecule has 0 saturated carbocycles. The second kappa shape index (κ2) is 7.28. The monoisotopic (exact) mass is 257 g/mol. The first-order chi connectivity index (χ1) is 8.19. The first kappa shape index (κ1) is 14.0. The van der Waals surface area contributed by atoms with Gasteiger partial charge in [0.05, 0.1) is 12.5 Å². The van der Waals surface area contributed by atoms with Crippen LogP contribution >= 0.6 is 11.6 Å². The third kappa shape index (κ3) is 4.35. The molecule has 0 radical (unpaired) electrons. The van der Waals surface area contributed by atoms with Gasteiger partial charge in [-0.1, -0.05) is 12.1 Å². The molecule has 0 bridgehead atoms. The van der Waals surface area contributed by atoms with Crippen LogP contribution in [0.1, 0.15) is 31.2 Å². The quantitative estimate of drug-likeness (QED) is 0.467. The summed E-state index contributed by atoms with van der Waals surface area (Å²) in [5.74, 6) is 0.378. The molecule has 0 spiro atoms. The van der Waals surface area contributed by atoms with Crippen LogP contribution in [0.4, 0.5) is 4.39 Å². The van der Waals surface area contributed by atoms with E-state index < -0.39 is 0 Å². The molecule has 1 rings (SSSR count). The van der Waals surface area contributed by atoms with Gasteiger partial charge in [-0.15, -0.1) is 11.6 Å². The number of nitrogens with one attached hydrogen (secondary N) is 1. The second-order valence-electron chi connectivity index (χ2n) is 3.73. The lowest BCUT2D eigenvalue weighted by Crippen LogP contribution is -2.15. The highest BCUT2D eigenvalue weighted by Crippen LogP contribution is 2.23. The summed E-state index contributed by atoms with van der Waals surface area (Å²) in [6, 6.07) is 6.20. The van der Waals surface area contributed by atoms with Crippen molar-refractivity contribution in [3.63, 3.8) is 0 Å². The lowest BCUT2D eigenvalue weighted by atomic mass is 9.94. The van der Waals surface area contributed by atoms with Crippen molar-refractivity contribution < 1.29 is 9.13 Å². The van der Waals surface area contributed by atoms with Gasteiger partial charge >= 0.3 is 0 Å². The van der Waals surface area contributed by atoms with Crippen molar-refractivity contribution in [1.29, 1.82) is 5.41 Å². The Labute approximate surface area is 106 Å². The van der Waals surface area contributed by atoms with Crippen LogP contribution in [0.2, 0.25) is 0 Å². The predicted molar refractivity (Wildman–Crippen MR) is 68.4 cm³/mol. The van der Waals surface area contributed by atoms with E-state index in [1.54, 1.807) is 12.1 Å². The minimum atomic E-state index is -0.271. The summed E-state index contributed by atoms with van der Waals surface area (Å²) in [7, 11) is 0. The molecule has 0 aliphatic heterocycles. The minimum absolute atomic E-state index is 0.130. The van der Waals surface area contributed by atoms with E-state index >= 15 is 0 Å². The summed E-state index contributed by atoms with van der Waals surface area (Å²) in [6.07, 6.45) is 1.55. The Balaban J connectivity index is 2.81. The Hall–Kier alpha value is -1.09. The molecule has 1 atom stereocenters. The molecule has 94 valence electrons. The van der Waals surface area contributed by atoms with Crippen molar-refractivity contribution in [3.8, 4) is 0 Å². The number of halogens is 2. The summed E-state index contributed by atoms with van der Waals surface area (Å²) in [5, 5.41) is 7.86. The molecular weight excluding hydrogens is 241 g/mol. The van der Waals surface area contributed by atoms with Gasteiger partial charge in [-0.3, -0.25) is 5.41 Å². The fourth-order valence-corrected chi connectivity index (χ4v) is 1.84. The molecular formula is C13H17ClFNO. The molecule has 0 amide bonds. The smallest absolute Gasteiger partial charge is 0.188 e. The molecule has 1 aromatic carbocycles. The Kier molecular flexibility index (Phi) is 5.98. The number of hydrogen-bond donors (Lipinski definition) is 1. The van der Waals surface area contributed by atoms with Crippen LogP contribution < -0.4 is 0 Å². The van der Waals surface area contributed by atoms with Crippen LogP contribution in [0.15, 0.2) is 24.3 Å². The molecule has 0 fully saturated rings. The molecule has 1 N–H and O–H groups in total. The normalized spacial score (nSPS) is 12.2. The van der Waals surface area contributed by atoms with Crippen LogP contribution in [-0.2, 0) is 4.74 Å². The second-order valence-corrected chi connectivity index (χ2v) is 4.11. The van der Waals surface area contributed by atoms with E-state index in [1.807, 2.05) is 6.92 Å². The highest BCUT2D eigenvalue weighted by Gasteiger charge is 2.18. The van der Waals surface area contributed by atoms with E-state index in [9.17, 15) is 4.39 Å². The van der Waals surface area contributed by atoms with Crippen molar-refractivity contribution in [2.45, 2.75) is 25.7 Å². The molecule has 1 unspecified atom stereocenters. The SMILES string of the molecule is CCOC(=N)C(CCCCl)c1ccc(F)cc1. The van der Waals surface area contributed by atoms with Gasteiger partial charge in [0.15, 0.2) is 5.90 Å². The predicted octanol–water partition coefficient (Wildman–Crippen LogP) is 3.94. The molecule has 0 aliphatic carbocycles. The fourth-order valence-electron chi connectivity index (χ4n) is 1.68. The molecule has 0 heterocycles. The van der Waals surface area contributed by atoms with Gasteiger partial charge in [0.2, 0.25) is 0 Å². The number of hydrogen-bond acceptors (Lipinski definition) is 2. The van der Waals surface area contributed by atoms with E-state index in [0.29, 0.717) is 12.5 Å². The summed E-state index contributed by atoms with van der Waals surface area (Å²) in [5.41, 5.74) is 0.898. The standard InChI is InChI=1S/C13H17ClFNO/c1-2-17-13(16)12(4-3-9-14)10-5-7-11(15)8-6-10/h5-8,12,16H,2-4,9H2,1H3. The van der Waals surface area contributed by atoms with Crippen LogP contribution in [0.3, 0.4) is 0 Å². The molecule has 0 saturated heterocycles. The van der Waals surface area contributed by atoms with E-state index in [4.69, 9.17) is 21.7 Å². The molecule has 1 aromatic rings. The Morgan fingerprint density at radius 3 is 2.59 bits per heavy atom. The van der Waals surface area contributed by atoms with Crippen LogP contribution in [-0.4, -0.2) is 18.4 Å². The van der Waals surface area contributed by atoms with Gasteiger partial charge < -0.3 is 4.74 Å². The first-order valence-electron chi connectivity index (χ1n) is 5.71. The van der Waals surface area contributed by atoms with Crippen LogP contribution in [0, 0.1) is 11.2 Å². The minimum Gasteiger partial charge on any atom is -0.481 e. The Morgan fingerprint density at radius 1 is 1.41 bits per heavy atom. The van der Waals surface area contributed by atoms with Crippen molar-refractivity contribution in [1.82, 2.24) is 0 Å². The third-order valence-electron chi connectivity index (χ3n) is 2.52. The molecule has 0 aliphatic rings. The lowest BCUT2D eigenvalue weighted by molar-refractivity contribution is 0.305. The number of ether oxygens (including phenoxy) is 1. The number of alkyl halides is 1. The van der Waals surface area contributed by atoms with Crippen molar-refractivity contribution in [3.05, 3.63) is 35.6 Å². The summed E-state index contributed by atoms with van der Waals surface area (Å²) >= 11 is 5.67. The van der Waals surface area contributed by atoms with E-state index in [-0.39, 0.29) is 17.6 Å². The van der Waals surface area contributed by atoms with Gasteiger partial charge in [-0.25, -0.2) is 4.39 Å². The number of rotatable bonds is 6. The van der Waals surface area contributed by atoms with Gasteiger partial charge in [-0.2, -0.15) is 0 Å². The molecule has 4 heteroatoms. The van der Waals surface area contributed by atoms with Crippen molar-refractivity contribution in [2.24, 2.45) is 0 Å². The summed E-state index contributed by atoms with van der Waals surface area (Å²) < 4.78 is 18.1. The fraction of sp³-hybridized carbons (Fsp3) is 0.462.